The Morgan fingerprint density at radius 1 is 1.08 bits per heavy atom. The lowest BCUT2D eigenvalue weighted by Crippen LogP contribution is -2.26. The largest absolute Gasteiger partial charge is 0.492 e. The normalized spacial score (nSPS) is 12.3. The molecule has 0 spiro atoms. The van der Waals surface area contributed by atoms with Gasteiger partial charge in [-0.1, -0.05) is 36.9 Å². The molecule has 4 nitrogen and oxygen atoms in total. The molecule has 0 heterocycles. The Balaban J connectivity index is 1.55. The topological polar surface area (TPSA) is 55.4 Å². The van der Waals surface area contributed by atoms with Crippen LogP contribution in [0.4, 0.5) is 0 Å². The number of nitrogens with one attached hydrogen (secondary N) is 1. The highest BCUT2D eigenvalue weighted by Gasteiger charge is 2.30. The van der Waals surface area contributed by atoms with Gasteiger partial charge < -0.3 is 10.1 Å². The maximum Gasteiger partial charge on any atom is 0.243 e. The van der Waals surface area contributed by atoms with Gasteiger partial charge in [-0.2, -0.15) is 0 Å². The standard InChI is InChI=1S/C22H19NO3/c1-2-19(24)23-11-12-26-16-9-10-18-15(13-16)8-7-14-5-3-4-6-17(14)20-21(18)22(20)25/h2-6,9-10,13H,1,7-8,11-12H2,(H,23,24). The molecule has 1 amide bonds. The van der Waals surface area contributed by atoms with Crippen LogP contribution in [0.3, 0.4) is 0 Å². The SMILES string of the molecule is C=CC(=O)NCCOc1ccc2c(c1)CCc1ccccc1-c1c-2c1=O. The maximum atomic E-state index is 12.4. The van der Waals surface area contributed by atoms with E-state index < -0.39 is 0 Å². The van der Waals surface area contributed by atoms with E-state index >= 15 is 0 Å². The molecule has 130 valence electrons. The van der Waals surface area contributed by atoms with Crippen molar-refractivity contribution in [3.63, 3.8) is 0 Å². The van der Waals surface area contributed by atoms with E-state index in [1.807, 2.05) is 36.4 Å². The van der Waals surface area contributed by atoms with E-state index in [0.717, 1.165) is 46.4 Å². The molecule has 3 aromatic carbocycles. The van der Waals surface area contributed by atoms with Gasteiger partial charge in [0.05, 0.1) is 6.54 Å². The molecule has 0 aromatic heterocycles. The highest BCUT2D eigenvalue weighted by Crippen LogP contribution is 2.41. The highest BCUT2D eigenvalue weighted by atomic mass is 16.5. The van der Waals surface area contributed by atoms with Crippen LogP contribution in [-0.2, 0) is 17.6 Å². The summed E-state index contributed by atoms with van der Waals surface area (Å²) in [7, 11) is 0. The smallest absolute Gasteiger partial charge is 0.243 e. The van der Waals surface area contributed by atoms with Crippen LogP contribution in [0.15, 0.2) is 59.9 Å². The van der Waals surface area contributed by atoms with Gasteiger partial charge in [-0.3, -0.25) is 9.59 Å². The van der Waals surface area contributed by atoms with E-state index in [4.69, 9.17) is 4.74 Å². The number of carbonyl (C=O) groups excluding carboxylic acids is 1. The second kappa shape index (κ2) is 6.64. The molecule has 0 fully saturated rings. The molecule has 0 atom stereocenters. The van der Waals surface area contributed by atoms with Crippen LogP contribution in [-0.4, -0.2) is 19.1 Å². The number of fused-ring (bicyclic) bond motifs is 5. The molecule has 3 aromatic rings. The number of carbonyl (C=O) groups is 1. The summed E-state index contributed by atoms with van der Waals surface area (Å²) in [5, 5.41) is 2.68. The lowest BCUT2D eigenvalue weighted by atomic mass is 9.92. The van der Waals surface area contributed by atoms with E-state index in [-0.39, 0.29) is 11.3 Å². The first-order valence-electron chi connectivity index (χ1n) is 8.72. The maximum absolute atomic E-state index is 12.4. The number of ether oxygens (including phenoxy) is 1. The molecule has 0 saturated carbocycles. The van der Waals surface area contributed by atoms with Crippen molar-refractivity contribution in [2.75, 3.05) is 13.2 Å². The van der Waals surface area contributed by atoms with Gasteiger partial charge in [0.25, 0.3) is 0 Å². The first-order valence-corrected chi connectivity index (χ1v) is 8.72. The molecular weight excluding hydrogens is 326 g/mol. The zero-order valence-corrected chi connectivity index (χ0v) is 14.4. The quantitative estimate of drug-likeness (QED) is 0.571. The molecule has 0 unspecified atom stereocenters. The Labute approximate surface area is 151 Å². The Hall–Kier alpha value is -3.14. The zero-order valence-electron chi connectivity index (χ0n) is 14.4. The third-order valence-electron chi connectivity index (χ3n) is 4.79. The molecule has 1 aliphatic carbocycles. The molecule has 0 radical (unpaired) electrons. The summed E-state index contributed by atoms with van der Waals surface area (Å²) in [6, 6.07) is 14.0. The van der Waals surface area contributed by atoms with Crippen LogP contribution < -0.4 is 15.5 Å². The summed E-state index contributed by atoms with van der Waals surface area (Å²) in [5.41, 5.74) is 6.31. The zero-order chi connectivity index (χ0) is 18.1. The van der Waals surface area contributed by atoms with Crippen molar-refractivity contribution < 1.29 is 9.53 Å². The van der Waals surface area contributed by atoms with Crippen molar-refractivity contribution in [1.82, 2.24) is 5.32 Å². The Morgan fingerprint density at radius 3 is 2.62 bits per heavy atom. The summed E-state index contributed by atoms with van der Waals surface area (Å²) in [5.74, 6) is 0.540. The van der Waals surface area contributed by atoms with Crippen LogP contribution in [0.5, 0.6) is 5.75 Å². The van der Waals surface area contributed by atoms with Gasteiger partial charge in [-0.05, 0) is 53.3 Å². The molecule has 26 heavy (non-hydrogen) atoms. The fourth-order valence-corrected chi connectivity index (χ4v) is 3.46. The Morgan fingerprint density at radius 2 is 1.81 bits per heavy atom. The van der Waals surface area contributed by atoms with Crippen LogP contribution in [0.2, 0.25) is 0 Å². The van der Waals surface area contributed by atoms with Gasteiger partial charge in [0, 0.05) is 11.1 Å². The predicted octanol–water partition coefficient (Wildman–Crippen LogP) is 3.04. The van der Waals surface area contributed by atoms with Crippen LogP contribution in [0.25, 0.3) is 22.3 Å². The summed E-state index contributed by atoms with van der Waals surface area (Å²) in [4.78, 5) is 23.5. The molecular formula is C22H19NO3. The van der Waals surface area contributed by atoms with Crippen molar-refractivity contribution >= 4 is 5.91 Å². The van der Waals surface area contributed by atoms with Gasteiger partial charge in [0.15, 0.2) is 5.43 Å². The van der Waals surface area contributed by atoms with Crippen LogP contribution >= 0.6 is 0 Å². The lowest BCUT2D eigenvalue weighted by molar-refractivity contribution is -0.116. The summed E-state index contributed by atoms with van der Waals surface area (Å²) in [6.45, 7) is 4.21. The van der Waals surface area contributed by atoms with Gasteiger partial charge in [-0.25, -0.2) is 0 Å². The number of aryl methyl sites for hydroxylation is 2. The highest BCUT2D eigenvalue weighted by molar-refractivity contribution is 5.96. The Bertz CT molecular complexity index is 1010. The van der Waals surface area contributed by atoms with E-state index in [0.29, 0.717) is 13.2 Å². The van der Waals surface area contributed by atoms with Crippen molar-refractivity contribution in [2.24, 2.45) is 0 Å². The van der Waals surface area contributed by atoms with E-state index in [2.05, 4.69) is 18.0 Å². The summed E-state index contributed by atoms with van der Waals surface area (Å²) < 4.78 is 5.73. The fraction of sp³-hybridized carbons (Fsp3) is 0.182. The number of benzene rings is 2. The number of rotatable bonds is 5. The van der Waals surface area contributed by atoms with Gasteiger partial charge >= 0.3 is 0 Å². The summed E-state index contributed by atoms with van der Waals surface area (Å²) in [6.07, 6.45) is 2.99. The van der Waals surface area contributed by atoms with Gasteiger partial charge in [0.2, 0.25) is 5.91 Å². The van der Waals surface area contributed by atoms with Crippen molar-refractivity contribution in [3.8, 4) is 28.0 Å². The lowest BCUT2D eigenvalue weighted by Gasteiger charge is -2.14. The van der Waals surface area contributed by atoms with E-state index in [9.17, 15) is 9.59 Å². The number of hydrogen-bond acceptors (Lipinski definition) is 3. The van der Waals surface area contributed by atoms with Crippen LogP contribution in [0, 0.1) is 0 Å². The molecule has 1 aliphatic rings. The predicted molar refractivity (Wildman–Crippen MR) is 102 cm³/mol. The molecule has 0 saturated heterocycles. The van der Waals surface area contributed by atoms with Gasteiger partial charge in [0.1, 0.15) is 12.4 Å². The molecule has 0 bridgehead atoms. The second-order valence-electron chi connectivity index (χ2n) is 6.40. The van der Waals surface area contributed by atoms with E-state index in [1.54, 1.807) is 0 Å². The first kappa shape index (κ1) is 16.3. The second-order valence-corrected chi connectivity index (χ2v) is 6.40. The molecule has 4 heteroatoms. The van der Waals surface area contributed by atoms with Crippen molar-refractivity contribution in [3.05, 3.63) is 76.5 Å². The molecule has 4 rings (SSSR count). The minimum absolute atomic E-state index is 0.154. The molecule has 1 N–H and O–H groups in total. The Kier molecular flexibility index (Phi) is 4.17. The average Bonchev–Trinajstić information content (AvgIpc) is 3.31. The van der Waals surface area contributed by atoms with Gasteiger partial charge in [-0.15, -0.1) is 0 Å². The number of amides is 1. The van der Waals surface area contributed by atoms with Crippen molar-refractivity contribution in [2.45, 2.75) is 12.8 Å². The third-order valence-corrected chi connectivity index (χ3v) is 4.79. The number of hydrogen-bond donors (Lipinski definition) is 1. The van der Waals surface area contributed by atoms with E-state index in [1.165, 1.54) is 11.6 Å². The average molecular weight is 345 g/mol. The third kappa shape index (κ3) is 2.94. The van der Waals surface area contributed by atoms with Crippen LogP contribution in [0.1, 0.15) is 11.1 Å². The minimum atomic E-state index is -0.211. The molecule has 0 aliphatic heterocycles. The van der Waals surface area contributed by atoms with Crippen molar-refractivity contribution in [1.29, 1.82) is 0 Å². The minimum Gasteiger partial charge on any atom is -0.492 e. The first-order chi connectivity index (χ1) is 12.7. The monoisotopic (exact) mass is 345 g/mol. The summed E-state index contributed by atoms with van der Waals surface area (Å²) >= 11 is 0. The fourth-order valence-electron chi connectivity index (χ4n) is 3.46.